The van der Waals surface area contributed by atoms with Gasteiger partial charge in [0.2, 0.25) is 0 Å². The highest BCUT2D eigenvalue weighted by molar-refractivity contribution is 5.79. The Labute approximate surface area is 164 Å². The van der Waals surface area contributed by atoms with Crippen molar-refractivity contribution in [1.82, 2.24) is 5.32 Å². The van der Waals surface area contributed by atoms with Gasteiger partial charge in [0.1, 0.15) is 6.61 Å². The van der Waals surface area contributed by atoms with E-state index in [0.29, 0.717) is 13.0 Å². The van der Waals surface area contributed by atoms with E-state index in [1.54, 1.807) is 12.5 Å². The Balaban J connectivity index is 1.35. The second-order valence-electron chi connectivity index (χ2n) is 7.09. The number of hydrogen-bond acceptors (Lipinski definition) is 4. The molecule has 0 radical (unpaired) electrons. The fourth-order valence-corrected chi connectivity index (χ4v) is 3.82. The van der Waals surface area contributed by atoms with Gasteiger partial charge in [0.15, 0.2) is 0 Å². The van der Waals surface area contributed by atoms with Crippen LogP contribution >= 0.6 is 0 Å². The molecule has 28 heavy (non-hydrogen) atoms. The van der Waals surface area contributed by atoms with Crippen LogP contribution in [-0.4, -0.2) is 31.0 Å². The van der Waals surface area contributed by atoms with Gasteiger partial charge in [-0.05, 0) is 40.3 Å². The van der Waals surface area contributed by atoms with Crippen molar-refractivity contribution >= 4 is 6.09 Å². The van der Waals surface area contributed by atoms with Crippen molar-refractivity contribution in [2.75, 3.05) is 19.8 Å². The summed E-state index contributed by atoms with van der Waals surface area (Å²) in [7, 11) is 0. The number of carbonyl (C=O) groups is 1. The van der Waals surface area contributed by atoms with Gasteiger partial charge in [-0.25, -0.2) is 4.79 Å². The van der Waals surface area contributed by atoms with Crippen LogP contribution < -0.4 is 5.32 Å². The zero-order valence-electron chi connectivity index (χ0n) is 15.5. The molecular weight excluding hydrogens is 354 g/mol. The van der Waals surface area contributed by atoms with Crippen molar-refractivity contribution in [3.63, 3.8) is 0 Å². The maximum atomic E-state index is 12.2. The predicted octanol–water partition coefficient (Wildman–Crippen LogP) is 3.97. The molecule has 0 aliphatic heterocycles. The molecule has 0 saturated carbocycles. The summed E-state index contributed by atoms with van der Waals surface area (Å²) in [6.45, 7) is 0.610. The highest BCUT2D eigenvalue weighted by Gasteiger charge is 2.29. The van der Waals surface area contributed by atoms with Crippen molar-refractivity contribution < 1.29 is 19.1 Å². The summed E-state index contributed by atoms with van der Waals surface area (Å²) in [6, 6.07) is 18.3. The Bertz CT molecular complexity index is 890. The first kappa shape index (κ1) is 18.3. The van der Waals surface area contributed by atoms with Crippen LogP contribution in [0.2, 0.25) is 0 Å². The van der Waals surface area contributed by atoms with E-state index >= 15 is 0 Å². The second-order valence-corrected chi connectivity index (χ2v) is 7.09. The van der Waals surface area contributed by atoms with E-state index < -0.39 is 6.09 Å². The second kappa shape index (κ2) is 8.31. The number of aliphatic hydroxyl groups excluding tert-OH is 1. The summed E-state index contributed by atoms with van der Waals surface area (Å²) in [5, 5.41) is 12.3. The minimum atomic E-state index is -0.465. The third-order valence-electron chi connectivity index (χ3n) is 5.24. The topological polar surface area (TPSA) is 71.7 Å². The number of carbonyl (C=O) groups excluding carboxylic acids is 1. The number of amides is 1. The molecule has 144 valence electrons. The predicted molar refractivity (Wildman–Crippen MR) is 106 cm³/mol. The molecule has 3 aromatic rings. The highest BCUT2D eigenvalue weighted by Crippen LogP contribution is 2.44. The zero-order valence-corrected chi connectivity index (χ0v) is 15.5. The van der Waals surface area contributed by atoms with Crippen molar-refractivity contribution in [2.45, 2.75) is 12.3 Å². The summed E-state index contributed by atoms with van der Waals surface area (Å²) < 4.78 is 10.6. The quantitative estimate of drug-likeness (QED) is 0.654. The Morgan fingerprint density at radius 3 is 2.36 bits per heavy atom. The Morgan fingerprint density at radius 1 is 1.07 bits per heavy atom. The van der Waals surface area contributed by atoms with Gasteiger partial charge in [-0.1, -0.05) is 48.5 Å². The van der Waals surface area contributed by atoms with Crippen LogP contribution in [0.5, 0.6) is 0 Å². The van der Waals surface area contributed by atoms with Crippen molar-refractivity contribution in [1.29, 1.82) is 0 Å². The lowest BCUT2D eigenvalue weighted by atomic mass is 9.98. The van der Waals surface area contributed by atoms with Crippen molar-refractivity contribution in [3.05, 3.63) is 83.8 Å². The first-order valence-corrected chi connectivity index (χ1v) is 9.47. The number of hydrogen-bond donors (Lipinski definition) is 2. The Hall–Kier alpha value is -3.05. The Kier molecular flexibility index (Phi) is 5.44. The summed E-state index contributed by atoms with van der Waals surface area (Å²) in [6.07, 6.45) is 3.42. The summed E-state index contributed by atoms with van der Waals surface area (Å²) >= 11 is 0. The van der Waals surface area contributed by atoms with Crippen LogP contribution in [0.1, 0.15) is 22.6 Å². The molecule has 2 N–H and O–H groups in total. The zero-order chi connectivity index (χ0) is 19.3. The average molecular weight is 377 g/mol. The van der Waals surface area contributed by atoms with E-state index in [2.05, 4.69) is 29.6 Å². The molecule has 1 aromatic heterocycles. The van der Waals surface area contributed by atoms with Gasteiger partial charge in [0, 0.05) is 25.0 Å². The summed E-state index contributed by atoms with van der Waals surface area (Å²) in [5.41, 5.74) is 5.77. The molecule has 0 bridgehead atoms. The number of fused-ring (bicyclic) bond motifs is 3. The van der Waals surface area contributed by atoms with Gasteiger partial charge in [0.05, 0.1) is 12.5 Å². The average Bonchev–Trinajstić information content (AvgIpc) is 3.35. The lowest BCUT2D eigenvalue weighted by Gasteiger charge is -2.17. The first-order valence-electron chi connectivity index (χ1n) is 9.47. The van der Waals surface area contributed by atoms with Crippen LogP contribution in [-0.2, 0) is 11.2 Å². The molecule has 1 heterocycles. The largest absolute Gasteiger partial charge is 0.472 e. The van der Waals surface area contributed by atoms with Crippen LogP contribution in [0.25, 0.3) is 11.1 Å². The number of furan rings is 1. The molecule has 5 nitrogen and oxygen atoms in total. The first-order chi connectivity index (χ1) is 13.8. The Morgan fingerprint density at radius 2 is 1.75 bits per heavy atom. The maximum Gasteiger partial charge on any atom is 0.407 e. The summed E-state index contributed by atoms with van der Waals surface area (Å²) in [5.74, 6) is -0.0456. The van der Waals surface area contributed by atoms with Crippen molar-refractivity contribution in [2.24, 2.45) is 5.92 Å². The smallest absolute Gasteiger partial charge is 0.407 e. The van der Waals surface area contributed by atoms with E-state index in [1.165, 1.54) is 22.3 Å². The fourth-order valence-electron chi connectivity index (χ4n) is 3.82. The molecule has 4 rings (SSSR count). The van der Waals surface area contributed by atoms with E-state index in [1.807, 2.05) is 30.3 Å². The number of alkyl carbamates (subject to hydrolysis) is 1. The minimum Gasteiger partial charge on any atom is -0.472 e. The molecule has 1 amide bonds. The molecule has 0 saturated heterocycles. The molecule has 2 aromatic carbocycles. The van der Waals surface area contributed by atoms with Gasteiger partial charge in [-0.2, -0.15) is 0 Å². The van der Waals surface area contributed by atoms with E-state index in [0.717, 1.165) is 5.56 Å². The molecule has 1 aliphatic carbocycles. The molecule has 1 unspecified atom stereocenters. The van der Waals surface area contributed by atoms with Gasteiger partial charge < -0.3 is 19.6 Å². The molecule has 1 aliphatic rings. The van der Waals surface area contributed by atoms with Crippen molar-refractivity contribution in [3.8, 4) is 11.1 Å². The molecule has 0 spiro atoms. The van der Waals surface area contributed by atoms with E-state index in [4.69, 9.17) is 9.15 Å². The van der Waals surface area contributed by atoms with E-state index in [-0.39, 0.29) is 25.0 Å². The number of nitrogens with one attached hydrogen (secondary N) is 1. The van der Waals surface area contributed by atoms with Gasteiger partial charge >= 0.3 is 6.09 Å². The SMILES string of the molecule is O=C(NCC(CO)Cc1ccoc1)OCC1c2ccccc2-c2ccccc21. The number of aliphatic hydroxyl groups is 1. The monoisotopic (exact) mass is 377 g/mol. The highest BCUT2D eigenvalue weighted by atomic mass is 16.5. The van der Waals surface area contributed by atoms with Gasteiger partial charge in [-0.3, -0.25) is 0 Å². The van der Waals surface area contributed by atoms with E-state index in [9.17, 15) is 9.90 Å². The molecule has 0 fully saturated rings. The van der Waals surface area contributed by atoms with Crippen LogP contribution in [0.3, 0.4) is 0 Å². The molecule has 1 atom stereocenters. The lowest BCUT2D eigenvalue weighted by molar-refractivity contribution is 0.138. The normalized spacial score (nSPS) is 13.6. The van der Waals surface area contributed by atoms with Crippen LogP contribution in [0.15, 0.2) is 71.5 Å². The summed E-state index contributed by atoms with van der Waals surface area (Å²) in [4.78, 5) is 12.2. The van der Waals surface area contributed by atoms with Gasteiger partial charge in [-0.15, -0.1) is 0 Å². The number of ether oxygens (including phenoxy) is 1. The molecular formula is C23H23NO4. The van der Waals surface area contributed by atoms with Crippen LogP contribution in [0.4, 0.5) is 4.79 Å². The van der Waals surface area contributed by atoms with Gasteiger partial charge in [0.25, 0.3) is 0 Å². The standard InChI is InChI=1S/C23H23NO4/c25-13-17(11-16-9-10-27-14-16)12-24-23(26)28-15-22-20-7-3-1-5-18(20)19-6-2-4-8-21(19)22/h1-10,14,17,22,25H,11-13,15H2,(H,24,26). The third kappa shape index (κ3) is 3.80. The number of rotatable bonds is 7. The molecule has 5 heteroatoms. The third-order valence-corrected chi connectivity index (χ3v) is 5.24. The number of benzene rings is 2. The van der Waals surface area contributed by atoms with Crippen LogP contribution in [0, 0.1) is 5.92 Å². The maximum absolute atomic E-state index is 12.2. The minimum absolute atomic E-state index is 0.0190. The lowest BCUT2D eigenvalue weighted by Crippen LogP contribution is -2.33. The fraction of sp³-hybridized carbons (Fsp3) is 0.261.